The van der Waals surface area contributed by atoms with Crippen LogP contribution in [-0.4, -0.2) is 35.0 Å². The molecule has 0 aromatic rings. The highest BCUT2D eigenvalue weighted by Gasteiger charge is 2.42. The van der Waals surface area contributed by atoms with E-state index in [4.69, 9.17) is 0 Å². The Morgan fingerprint density at radius 1 is 1.62 bits per heavy atom. The lowest BCUT2D eigenvalue weighted by atomic mass is 9.87. The van der Waals surface area contributed by atoms with E-state index in [1.807, 2.05) is 6.92 Å². The third kappa shape index (κ3) is 2.38. The molecule has 0 aliphatic carbocycles. The predicted molar refractivity (Wildman–Crippen MR) is 61.5 cm³/mol. The van der Waals surface area contributed by atoms with Gasteiger partial charge in [-0.3, -0.25) is 14.6 Å². The van der Waals surface area contributed by atoms with E-state index >= 15 is 0 Å². The fraction of sp³-hybridized carbons (Fsp3) is 0.750. The first-order chi connectivity index (χ1) is 7.52. The van der Waals surface area contributed by atoms with Crippen LogP contribution >= 0.6 is 0 Å². The molecule has 0 saturated carbocycles. The highest BCUT2D eigenvalue weighted by molar-refractivity contribution is 6.35. The molecule has 0 radical (unpaired) electrons. The third-order valence-electron chi connectivity index (χ3n) is 3.19. The van der Waals surface area contributed by atoms with E-state index in [0.29, 0.717) is 6.29 Å². The molecule has 0 amide bonds. The number of aliphatic hydroxyl groups excluding tert-OH is 1. The highest BCUT2D eigenvalue weighted by Crippen LogP contribution is 2.28. The lowest BCUT2D eigenvalue weighted by molar-refractivity contribution is -0.122. The zero-order chi connectivity index (χ0) is 12.3. The van der Waals surface area contributed by atoms with Gasteiger partial charge < -0.3 is 5.11 Å². The highest BCUT2D eigenvalue weighted by atomic mass is 16.3. The van der Waals surface area contributed by atoms with Crippen LogP contribution in [0, 0.1) is 11.8 Å². The average molecular weight is 225 g/mol. The summed E-state index contributed by atoms with van der Waals surface area (Å²) in [7, 11) is 0. The van der Waals surface area contributed by atoms with E-state index in [1.165, 1.54) is 6.92 Å². The minimum Gasteiger partial charge on any atom is -0.390 e. The zero-order valence-electron chi connectivity index (χ0n) is 10.0. The van der Waals surface area contributed by atoms with Gasteiger partial charge in [0.25, 0.3) is 0 Å². The van der Waals surface area contributed by atoms with Crippen LogP contribution in [0.4, 0.5) is 0 Å². The smallest absolute Gasteiger partial charge is 0.164 e. The number of nitrogens with zero attached hydrogens (tertiary/aromatic N) is 1. The van der Waals surface area contributed by atoms with Crippen molar-refractivity contribution in [2.24, 2.45) is 16.8 Å². The van der Waals surface area contributed by atoms with Crippen molar-refractivity contribution in [1.29, 1.82) is 0 Å². The van der Waals surface area contributed by atoms with Gasteiger partial charge in [0, 0.05) is 0 Å². The van der Waals surface area contributed by atoms with Crippen molar-refractivity contribution in [1.82, 2.24) is 0 Å². The molecule has 0 fully saturated rings. The van der Waals surface area contributed by atoms with Crippen LogP contribution in [0.15, 0.2) is 4.99 Å². The number of carbonyl (C=O) groups excluding carboxylic acids is 2. The summed E-state index contributed by atoms with van der Waals surface area (Å²) in [5, 5.41) is 10.0. The van der Waals surface area contributed by atoms with Crippen LogP contribution in [0.1, 0.15) is 33.6 Å². The Bertz CT molecular complexity index is 311. The number of carbonyl (C=O) groups is 2. The van der Waals surface area contributed by atoms with Gasteiger partial charge in [-0.2, -0.15) is 0 Å². The first kappa shape index (κ1) is 13.0. The zero-order valence-corrected chi connectivity index (χ0v) is 10.0. The second-order valence-electron chi connectivity index (χ2n) is 4.51. The van der Waals surface area contributed by atoms with Crippen molar-refractivity contribution in [2.45, 2.75) is 45.8 Å². The van der Waals surface area contributed by atoms with Gasteiger partial charge in [0.05, 0.1) is 23.8 Å². The molecule has 4 atom stereocenters. The maximum atomic E-state index is 11.4. The Morgan fingerprint density at radius 3 is 2.62 bits per heavy atom. The molecular formula is C12H19NO3. The molecule has 0 spiro atoms. The second kappa shape index (κ2) is 5.34. The summed E-state index contributed by atoms with van der Waals surface area (Å²) < 4.78 is 0. The number of hydrogen-bond acceptors (Lipinski definition) is 4. The second-order valence-corrected chi connectivity index (χ2v) is 4.51. The summed E-state index contributed by atoms with van der Waals surface area (Å²) in [5.41, 5.74) is 0.202. The maximum Gasteiger partial charge on any atom is 0.164 e. The summed E-state index contributed by atoms with van der Waals surface area (Å²) in [6.07, 6.45) is 1.69. The van der Waals surface area contributed by atoms with Gasteiger partial charge in [-0.1, -0.05) is 20.3 Å². The van der Waals surface area contributed by atoms with Gasteiger partial charge in [-0.15, -0.1) is 0 Å². The Morgan fingerprint density at radius 2 is 2.25 bits per heavy atom. The Hall–Kier alpha value is -1.03. The van der Waals surface area contributed by atoms with Crippen LogP contribution in [-0.2, 0) is 9.59 Å². The molecule has 0 saturated heterocycles. The largest absolute Gasteiger partial charge is 0.390 e. The van der Waals surface area contributed by atoms with Crippen LogP contribution in [0.3, 0.4) is 0 Å². The number of ketones is 1. The van der Waals surface area contributed by atoms with Gasteiger partial charge in [-0.25, -0.2) is 0 Å². The first-order valence-corrected chi connectivity index (χ1v) is 5.74. The van der Waals surface area contributed by atoms with Crippen LogP contribution < -0.4 is 0 Å². The fourth-order valence-electron chi connectivity index (χ4n) is 2.34. The minimum absolute atomic E-state index is 0.190. The molecule has 1 aliphatic heterocycles. The van der Waals surface area contributed by atoms with Crippen LogP contribution in [0.2, 0.25) is 0 Å². The van der Waals surface area contributed by atoms with E-state index < -0.39 is 12.0 Å². The molecule has 90 valence electrons. The topological polar surface area (TPSA) is 66.7 Å². The molecule has 4 heteroatoms. The van der Waals surface area contributed by atoms with Crippen molar-refractivity contribution in [3.8, 4) is 0 Å². The summed E-state index contributed by atoms with van der Waals surface area (Å²) in [5.74, 6) is -0.717. The number of aliphatic hydroxyl groups is 1. The van der Waals surface area contributed by atoms with Gasteiger partial charge in [0.2, 0.25) is 0 Å². The summed E-state index contributed by atoms with van der Waals surface area (Å²) in [6.45, 7) is 5.44. The molecule has 1 heterocycles. The fourth-order valence-corrected chi connectivity index (χ4v) is 2.34. The maximum absolute atomic E-state index is 11.4. The lowest BCUT2D eigenvalue weighted by Gasteiger charge is -2.22. The third-order valence-corrected chi connectivity index (χ3v) is 3.19. The van der Waals surface area contributed by atoms with E-state index in [2.05, 4.69) is 11.9 Å². The molecule has 1 aliphatic rings. The van der Waals surface area contributed by atoms with Crippen molar-refractivity contribution in [3.63, 3.8) is 0 Å². The molecule has 4 unspecified atom stereocenters. The molecule has 0 bridgehead atoms. The number of rotatable bonds is 5. The first-order valence-electron chi connectivity index (χ1n) is 5.74. The van der Waals surface area contributed by atoms with Gasteiger partial charge in [-0.05, 0) is 19.3 Å². The number of aliphatic imine (C=N–C) groups is 1. The molecular weight excluding hydrogens is 206 g/mol. The van der Waals surface area contributed by atoms with E-state index in [-0.39, 0.29) is 23.5 Å². The minimum atomic E-state index is -0.834. The van der Waals surface area contributed by atoms with Crippen molar-refractivity contribution in [2.75, 3.05) is 0 Å². The summed E-state index contributed by atoms with van der Waals surface area (Å²) in [4.78, 5) is 26.3. The normalized spacial score (nSPS) is 31.0. The molecule has 1 rings (SSSR count). The van der Waals surface area contributed by atoms with Crippen LogP contribution in [0.25, 0.3) is 0 Å². The van der Waals surface area contributed by atoms with Crippen molar-refractivity contribution in [3.05, 3.63) is 0 Å². The number of Topliss-reactive ketones (excluding diaryl/α,β-unsaturated/α-hetero) is 1. The van der Waals surface area contributed by atoms with Crippen LogP contribution in [0.5, 0.6) is 0 Å². The number of aldehydes is 1. The summed E-state index contributed by atoms with van der Waals surface area (Å²) >= 11 is 0. The SMILES string of the molecule is CCCC(C)C1N=C(C=O)C(C(C)=O)C1O. The van der Waals surface area contributed by atoms with E-state index in [9.17, 15) is 14.7 Å². The molecule has 0 aromatic carbocycles. The molecule has 4 nitrogen and oxygen atoms in total. The standard InChI is InChI=1S/C12H19NO3/c1-4-5-7(2)11-12(16)10(8(3)15)9(6-14)13-11/h6-7,10-12,16H,4-5H2,1-3H3. The van der Waals surface area contributed by atoms with Crippen molar-refractivity contribution >= 4 is 17.8 Å². The lowest BCUT2D eigenvalue weighted by Crippen LogP contribution is -2.36. The Labute approximate surface area is 95.8 Å². The molecule has 0 aromatic heterocycles. The monoisotopic (exact) mass is 225 g/mol. The Kier molecular flexibility index (Phi) is 4.35. The summed E-state index contributed by atoms with van der Waals surface area (Å²) in [6, 6.07) is -0.311. The predicted octanol–water partition coefficient (Wildman–Crippen LogP) is 1.01. The number of hydrogen-bond donors (Lipinski definition) is 1. The van der Waals surface area contributed by atoms with Gasteiger partial charge >= 0.3 is 0 Å². The quantitative estimate of drug-likeness (QED) is 0.710. The van der Waals surface area contributed by atoms with E-state index in [0.717, 1.165) is 12.8 Å². The van der Waals surface area contributed by atoms with Gasteiger partial charge in [0.15, 0.2) is 6.29 Å². The van der Waals surface area contributed by atoms with Crippen molar-refractivity contribution < 1.29 is 14.7 Å². The average Bonchev–Trinajstić information content (AvgIpc) is 2.55. The van der Waals surface area contributed by atoms with E-state index in [1.54, 1.807) is 0 Å². The molecule has 16 heavy (non-hydrogen) atoms. The van der Waals surface area contributed by atoms with Gasteiger partial charge in [0.1, 0.15) is 5.78 Å². The Balaban J connectivity index is 2.87. The molecule has 1 N–H and O–H groups in total.